The topological polar surface area (TPSA) is 96.1 Å². The normalized spacial score (nSPS) is 15.3. The van der Waals surface area contributed by atoms with Gasteiger partial charge in [-0.05, 0) is 67.3 Å². The molecule has 0 fully saturated rings. The maximum absolute atomic E-state index is 12.2. The van der Waals surface area contributed by atoms with Gasteiger partial charge in [-0.15, -0.1) is 0 Å². The molecule has 7 heteroatoms. The molecular weight excluding hydrogens is 368 g/mol. The quantitative estimate of drug-likeness (QED) is 0.597. The Balaban J connectivity index is 1.30. The molecule has 1 aliphatic carbocycles. The van der Waals surface area contributed by atoms with Gasteiger partial charge in [0.05, 0.1) is 6.20 Å². The van der Waals surface area contributed by atoms with Crippen LogP contribution in [0.3, 0.4) is 0 Å². The highest BCUT2D eigenvalue weighted by molar-refractivity contribution is 6.39. The fourth-order valence-corrected chi connectivity index (χ4v) is 3.39. The van der Waals surface area contributed by atoms with E-state index in [-0.39, 0.29) is 6.04 Å². The molecule has 2 amide bonds. The van der Waals surface area contributed by atoms with Crippen molar-refractivity contribution in [3.05, 3.63) is 71.5 Å². The van der Waals surface area contributed by atoms with Crippen LogP contribution in [-0.4, -0.2) is 28.1 Å². The highest BCUT2D eigenvalue weighted by Crippen LogP contribution is 2.24. The van der Waals surface area contributed by atoms with Gasteiger partial charge in [-0.3, -0.25) is 14.7 Å². The summed E-state index contributed by atoms with van der Waals surface area (Å²) in [4.78, 5) is 24.5. The smallest absolute Gasteiger partial charge is 0.313 e. The van der Waals surface area contributed by atoms with E-state index in [1.54, 1.807) is 24.3 Å². The van der Waals surface area contributed by atoms with Crippen LogP contribution in [0.1, 0.15) is 23.2 Å². The molecule has 0 unspecified atom stereocenters. The van der Waals surface area contributed by atoms with Gasteiger partial charge in [0.15, 0.2) is 0 Å². The van der Waals surface area contributed by atoms with Gasteiger partial charge < -0.3 is 15.4 Å². The maximum atomic E-state index is 12.2. The number of fused-ring (bicyclic) bond motifs is 1. The predicted molar refractivity (Wildman–Crippen MR) is 109 cm³/mol. The van der Waals surface area contributed by atoms with Crippen LogP contribution < -0.4 is 15.4 Å². The number of nitrogens with zero attached hydrogens (tertiary/aromatic N) is 1. The molecule has 2 aromatic carbocycles. The number of carbonyl (C=O) groups is 2. The van der Waals surface area contributed by atoms with E-state index in [9.17, 15) is 9.59 Å². The Kier molecular flexibility index (Phi) is 5.29. The molecule has 1 heterocycles. The van der Waals surface area contributed by atoms with E-state index in [4.69, 9.17) is 4.74 Å². The zero-order chi connectivity index (χ0) is 20.2. The number of carbonyl (C=O) groups excluding carboxylic acids is 2. The van der Waals surface area contributed by atoms with Crippen molar-refractivity contribution in [3.8, 4) is 11.5 Å². The van der Waals surface area contributed by atoms with Gasteiger partial charge >= 0.3 is 11.8 Å². The fraction of sp³-hybridized carbons (Fsp3) is 0.227. The molecule has 1 aromatic heterocycles. The summed E-state index contributed by atoms with van der Waals surface area (Å²) in [5, 5.41) is 12.4. The third kappa shape index (κ3) is 4.63. The molecule has 3 N–H and O–H groups in total. The van der Waals surface area contributed by atoms with E-state index >= 15 is 0 Å². The van der Waals surface area contributed by atoms with E-state index in [1.807, 2.05) is 37.4 Å². The van der Waals surface area contributed by atoms with Crippen molar-refractivity contribution in [2.24, 2.45) is 0 Å². The lowest BCUT2D eigenvalue weighted by atomic mass is 9.94. The van der Waals surface area contributed by atoms with Gasteiger partial charge in [0.1, 0.15) is 11.5 Å². The summed E-state index contributed by atoms with van der Waals surface area (Å²) < 4.78 is 5.79. The highest BCUT2D eigenvalue weighted by Gasteiger charge is 2.24. The lowest BCUT2D eigenvalue weighted by Crippen LogP contribution is -2.44. The summed E-state index contributed by atoms with van der Waals surface area (Å²) in [7, 11) is 0. The Hall–Kier alpha value is -3.61. The summed E-state index contributed by atoms with van der Waals surface area (Å²) in [6, 6.07) is 14.6. The van der Waals surface area contributed by atoms with E-state index in [1.165, 1.54) is 5.56 Å². The average molecular weight is 390 g/mol. The number of hydrogen-bond acceptors (Lipinski definition) is 4. The highest BCUT2D eigenvalue weighted by atomic mass is 16.5. The van der Waals surface area contributed by atoms with Crippen LogP contribution in [0.2, 0.25) is 0 Å². The number of nitrogens with one attached hydrogen (secondary N) is 3. The lowest BCUT2D eigenvalue weighted by molar-refractivity contribution is -0.136. The summed E-state index contributed by atoms with van der Waals surface area (Å²) in [6.07, 6.45) is 4.09. The van der Waals surface area contributed by atoms with Gasteiger partial charge in [0.2, 0.25) is 0 Å². The van der Waals surface area contributed by atoms with Gasteiger partial charge in [0, 0.05) is 23.8 Å². The zero-order valence-electron chi connectivity index (χ0n) is 16.1. The molecule has 0 radical (unpaired) electrons. The Bertz CT molecular complexity index is 1030. The van der Waals surface area contributed by atoms with Crippen molar-refractivity contribution in [1.29, 1.82) is 0 Å². The number of rotatable bonds is 4. The van der Waals surface area contributed by atoms with Crippen LogP contribution in [0.25, 0.3) is 0 Å². The molecule has 7 nitrogen and oxygen atoms in total. The van der Waals surface area contributed by atoms with E-state index in [0.717, 1.165) is 29.8 Å². The van der Waals surface area contributed by atoms with Crippen molar-refractivity contribution >= 4 is 17.5 Å². The van der Waals surface area contributed by atoms with E-state index < -0.39 is 11.8 Å². The zero-order valence-corrected chi connectivity index (χ0v) is 16.1. The Morgan fingerprint density at radius 3 is 2.72 bits per heavy atom. The number of ether oxygens (including phenoxy) is 1. The molecule has 0 saturated carbocycles. The largest absolute Gasteiger partial charge is 0.457 e. The Morgan fingerprint density at radius 1 is 1.10 bits per heavy atom. The first-order chi connectivity index (χ1) is 14.1. The first-order valence-electron chi connectivity index (χ1n) is 9.54. The number of aromatic amines is 1. The van der Waals surface area contributed by atoms with E-state index in [0.29, 0.717) is 17.9 Å². The first kappa shape index (κ1) is 18.7. The Labute approximate surface area is 168 Å². The second kappa shape index (κ2) is 8.18. The van der Waals surface area contributed by atoms with Crippen LogP contribution in [0.15, 0.2) is 54.7 Å². The van der Waals surface area contributed by atoms with Crippen LogP contribution in [0.5, 0.6) is 11.5 Å². The van der Waals surface area contributed by atoms with Gasteiger partial charge in [-0.25, -0.2) is 0 Å². The summed E-state index contributed by atoms with van der Waals surface area (Å²) in [5.74, 6) is 0.0653. The molecule has 1 atom stereocenters. The number of aromatic nitrogens is 2. The van der Waals surface area contributed by atoms with Crippen LogP contribution in [-0.2, 0) is 22.4 Å². The van der Waals surface area contributed by atoms with Crippen LogP contribution >= 0.6 is 0 Å². The van der Waals surface area contributed by atoms with Crippen molar-refractivity contribution in [2.45, 2.75) is 32.2 Å². The summed E-state index contributed by atoms with van der Waals surface area (Å²) in [5.41, 5.74) is 3.83. The minimum atomic E-state index is -0.687. The number of amides is 2. The molecular formula is C22H22N4O3. The van der Waals surface area contributed by atoms with Crippen molar-refractivity contribution in [1.82, 2.24) is 15.5 Å². The second-order valence-electron chi connectivity index (χ2n) is 7.18. The summed E-state index contributed by atoms with van der Waals surface area (Å²) >= 11 is 0. The number of hydrogen-bond donors (Lipinski definition) is 3. The van der Waals surface area contributed by atoms with E-state index in [2.05, 4.69) is 20.8 Å². The number of benzene rings is 2. The molecule has 0 bridgehead atoms. The second-order valence-corrected chi connectivity index (χ2v) is 7.18. The average Bonchev–Trinajstić information content (AvgIpc) is 3.17. The Morgan fingerprint density at radius 2 is 1.93 bits per heavy atom. The molecule has 29 heavy (non-hydrogen) atoms. The van der Waals surface area contributed by atoms with Crippen LogP contribution in [0, 0.1) is 6.92 Å². The molecule has 4 rings (SSSR count). The molecule has 0 aliphatic heterocycles. The monoisotopic (exact) mass is 390 g/mol. The molecule has 1 aliphatic rings. The summed E-state index contributed by atoms with van der Waals surface area (Å²) in [6.45, 7) is 2.00. The molecule has 0 saturated heterocycles. The maximum Gasteiger partial charge on any atom is 0.313 e. The fourth-order valence-electron chi connectivity index (χ4n) is 3.39. The standard InChI is InChI=1S/C22H22N4O3/c1-14-3-2-4-19(11-14)29-18-9-7-16(8-10-18)24-21(27)22(28)25-17-6-5-15-13-23-26-20(15)12-17/h2-4,7-11,13,17H,5-6,12H2,1H3,(H,23,26)(H,24,27)(H,25,28)/t17-/m1/s1. The van der Waals surface area contributed by atoms with Gasteiger partial charge in [0.25, 0.3) is 0 Å². The third-order valence-corrected chi connectivity index (χ3v) is 4.90. The van der Waals surface area contributed by atoms with Crippen molar-refractivity contribution in [3.63, 3.8) is 0 Å². The lowest BCUT2D eigenvalue weighted by Gasteiger charge is -2.22. The molecule has 148 valence electrons. The van der Waals surface area contributed by atoms with Gasteiger partial charge in [-0.1, -0.05) is 12.1 Å². The predicted octanol–water partition coefficient (Wildman–Crippen LogP) is 3.12. The minimum absolute atomic E-state index is 0.0775. The first-order valence-corrected chi connectivity index (χ1v) is 9.54. The number of anilines is 1. The van der Waals surface area contributed by atoms with Crippen molar-refractivity contribution in [2.75, 3.05) is 5.32 Å². The molecule has 0 spiro atoms. The SMILES string of the molecule is Cc1cccc(Oc2ccc(NC(=O)C(=O)N[C@@H]3CCc4cn[nH]c4C3)cc2)c1. The third-order valence-electron chi connectivity index (χ3n) is 4.90. The van der Waals surface area contributed by atoms with Crippen LogP contribution in [0.4, 0.5) is 5.69 Å². The van der Waals surface area contributed by atoms with Crippen molar-refractivity contribution < 1.29 is 14.3 Å². The number of aryl methyl sites for hydroxylation is 2. The number of H-pyrrole nitrogens is 1. The molecule has 3 aromatic rings. The van der Waals surface area contributed by atoms with Gasteiger partial charge in [-0.2, -0.15) is 5.10 Å². The minimum Gasteiger partial charge on any atom is -0.457 e.